The first-order valence-electron chi connectivity index (χ1n) is 9.27. The number of rotatable bonds is 6. The molecule has 2 aromatic rings. The van der Waals surface area contributed by atoms with E-state index >= 15 is 0 Å². The third-order valence-corrected chi connectivity index (χ3v) is 4.85. The van der Waals surface area contributed by atoms with Crippen molar-refractivity contribution >= 4 is 17.5 Å². The Labute approximate surface area is 178 Å². The minimum absolute atomic E-state index is 0.00173. The predicted molar refractivity (Wildman–Crippen MR) is 108 cm³/mol. The number of likely N-dealkylation sites (N-methyl/N-ethyl adjacent to an activating group) is 1. The number of methoxy groups -OCH3 is 2. The molecule has 0 fully saturated rings. The fourth-order valence-electron chi connectivity index (χ4n) is 3.20. The van der Waals surface area contributed by atoms with Crippen LogP contribution in [0.4, 0.5) is 5.69 Å². The van der Waals surface area contributed by atoms with E-state index in [0.29, 0.717) is 17.1 Å². The molecule has 0 aliphatic carbocycles. The topological polar surface area (TPSA) is 124 Å². The third kappa shape index (κ3) is 4.34. The van der Waals surface area contributed by atoms with Crippen LogP contribution < -0.4 is 14.2 Å². The van der Waals surface area contributed by atoms with Gasteiger partial charge in [-0.2, -0.15) is 0 Å². The Hall–Kier alpha value is -3.89. The van der Waals surface area contributed by atoms with Gasteiger partial charge >= 0.3 is 0 Å². The molecule has 0 spiro atoms. The van der Waals surface area contributed by atoms with Gasteiger partial charge in [0.1, 0.15) is 35.9 Å². The normalized spacial score (nSPS) is 15.4. The van der Waals surface area contributed by atoms with Crippen molar-refractivity contribution < 1.29 is 28.7 Å². The fraction of sp³-hybridized carbons (Fsp3) is 0.350. The Morgan fingerprint density at radius 3 is 2.68 bits per heavy atom. The summed E-state index contributed by atoms with van der Waals surface area (Å²) < 4.78 is 16.2. The highest BCUT2D eigenvalue weighted by molar-refractivity contribution is 6.00. The standard InChI is InChI=1S/C20H22N4O7/c1-22(2)20(26)16-11-31-18-15(7-13(9-21-18)24(27)28)19(25)23(16)10-12-5-6-14(29-3)8-17(12)30-4/h5-9,16H,10-11H2,1-4H3. The summed E-state index contributed by atoms with van der Waals surface area (Å²) in [5.41, 5.74) is 0.181. The van der Waals surface area contributed by atoms with E-state index in [2.05, 4.69) is 4.98 Å². The van der Waals surface area contributed by atoms with Gasteiger partial charge in [0.2, 0.25) is 11.8 Å². The number of aromatic nitrogens is 1. The van der Waals surface area contributed by atoms with E-state index in [0.717, 1.165) is 12.3 Å². The molecular weight excluding hydrogens is 408 g/mol. The monoisotopic (exact) mass is 430 g/mol. The molecule has 164 valence electrons. The van der Waals surface area contributed by atoms with Gasteiger partial charge in [-0.1, -0.05) is 0 Å². The molecule has 11 heteroatoms. The van der Waals surface area contributed by atoms with E-state index in [9.17, 15) is 19.7 Å². The van der Waals surface area contributed by atoms with Crippen LogP contribution in [-0.4, -0.2) is 72.5 Å². The molecular formula is C20H22N4O7. The summed E-state index contributed by atoms with van der Waals surface area (Å²) in [6.45, 7) is -0.152. The molecule has 1 unspecified atom stereocenters. The van der Waals surface area contributed by atoms with Gasteiger partial charge in [-0.05, 0) is 12.1 Å². The number of ether oxygens (including phenoxy) is 3. The molecule has 1 atom stereocenters. The van der Waals surface area contributed by atoms with Crippen LogP contribution in [0.5, 0.6) is 17.4 Å². The van der Waals surface area contributed by atoms with Gasteiger partial charge in [-0.25, -0.2) is 4.98 Å². The van der Waals surface area contributed by atoms with Crippen molar-refractivity contribution in [1.82, 2.24) is 14.8 Å². The molecule has 1 aromatic heterocycles. The van der Waals surface area contributed by atoms with Gasteiger partial charge in [0, 0.05) is 31.8 Å². The number of amides is 2. The zero-order valence-electron chi connectivity index (χ0n) is 17.5. The lowest BCUT2D eigenvalue weighted by Crippen LogP contribution is -2.50. The molecule has 11 nitrogen and oxygen atoms in total. The Kier molecular flexibility index (Phi) is 6.23. The zero-order chi connectivity index (χ0) is 22.7. The van der Waals surface area contributed by atoms with Crippen molar-refractivity contribution in [3.63, 3.8) is 0 Å². The van der Waals surface area contributed by atoms with Crippen LogP contribution in [0.1, 0.15) is 15.9 Å². The number of fused-ring (bicyclic) bond motifs is 1. The number of carbonyl (C=O) groups excluding carboxylic acids is 2. The van der Waals surface area contributed by atoms with Crippen LogP contribution >= 0.6 is 0 Å². The van der Waals surface area contributed by atoms with Crippen LogP contribution in [0.2, 0.25) is 0 Å². The molecule has 0 saturated heterocycles. The average Bonchev–Trinajstić information content (AvgIpc) is 2.90. The maximum Gasteiger partial charge on any atom is 0.288 e. The van der Waals surface area contributed by atoms with E-state index in [1.54, 1.807) is 32.3 Å². The predicted octanol–water partition coefficient (Wildman–Crippen LogP) is 1.50. The molecule has 1 aliphatic heterocycles. The molecule has 0 N–H and O–H groups in total. The van der Waals surface area contributed by atoms with Crippen LogP contribution in [0.3, 0.4) is 0 Å². The van der Waals surface area contributed by atoms with Crippen molar-refractivity contribution in [2.45, 2.75) is 12.6 Å². The fourth-order valence-corrected chi connectivity index (χ4v) is 3.20. The van der Waals surface area contributed by atoms with Crippen molar-refractivity contribution in [3.8, 4) is 17.4 Å². The number of carbonyl (C=O) groups is 2. The number of hydrogen-bond donors (Lipinski definition) is 0. The molecule has 3 rings (SSSR count). The summed E-state index contributed by atoms with van der Waals surface area (Å²) >= 11 is 0. The highest BCUT2D eigenvalue weighted by Gasteiger charge is 2.38. The van der Waals surface area contributed by atoms with Crippen LogP contribution in [0.15, 0.2) is 30.5 Å². The van der Waals surface area contributed by atoms with E-state index in [1.807, 2.05) is 0 Å². The number of nitrogens with zero attached hydrogens (tertiary/aromatic N) is 4. The molecule has 1 aromatic carbocycles. The molecule has 2 heterocycles. The average molecular weight is 430 g/mol. The lowest BCUT2D eigenvalue weighted by molar-refractivity contribution is -0.385. The van der Waals surface area contributed by atoms with Gasteiger partial charge in [0.15, 0.2) is 0 Å². The van der Waals surface area contributed by atoms with Crippen molar-refractivity contribution in [2.75, 3.05) is 34.9 Å². The second-order valence-electron chi connectivity index (χ2n) is 6.97. The third-order valence-electron chi connectivity index (χ3n) is 4.85. The van der Waals surface area contributed by atoms with Gasteiger partial charge in [-0.3, -0.25) is 19.7 Å². The highest BCUT2D eigenvalue weighted by Crippen LogP contribution is 2.31. The van der Waals surface area contributed by atoms with E-state index in [-0.39, 0.29) is 36.2 Å². The summed E-state index contributed by atoms with van der Waals surface area (Å²) in [5.74, 6) is 0.00392. The first-order chi connectivity index (χ1) is 14.8. The van der Waals surface area contributed by atoms with E-state index in [1.165, 1.54) is 24.0 Å². The Balaban J connectivity index is 2.07. The second-order valence-corrected chi connectivity index (χ2v) is 6.97. The largest absolute Gasteiger partial charge is 0.497 e. The van der Waals surface area contributed by atoms with Crippen LogP contribution in [0.25, 0.3) is 0 Å². The smallest absolute Gasteiger partial charge is 0.288 e. The first kappa shape index (κ1) is 21.8. The number of benzene rings is 1. The lowest BCUT2D eigenvalue weighted by atomic mass is 10.1. The molecule has 31 heavy (non-hydrogen) atoms. The first-order valence-corrected chi connectivity index (χ1v) is 9.27. The Morgan fingerprint density at radius 1 is 1.32 bits per heavy atom. The van der Waals surface area contributed by atoms with E-state index < -0.39 is 16.9 Å². The Morgan fingerprint density at radius 2 is 2.06 bits per heavy atom. The van der Waals surface area contributed by atoms with Gasteiger partial charge in [0.05, 0.1) is 25.7 Å². The summed E-state index contributed by atoms with van der Waals surface area (Å²) in [5, 5.41) is 11.2. The van der Waals surface area contributed by atoms with Crippen molar-refractivity contribution in [2.24, 2.45) is 0 Å². The summed E-state index contributed by atoms with van der Waals surface area (Å²) in [7, 11) is 6.14. The number of pyridine rings is 1. The molecule has 2 amide bonds. The lowest BCUT2D eigenvalue weighted by Gasteiger charge is -2.30. The SMILES string of the molecule is COc1ccc(CN2C(=O)c3cc([N+](=O)[O-])cnc3OCC2C(=O)N(C)C)c(OC)c1. The molecule has 0 saturated carbocycles. The van der Waals surface area contributed by atoms with E-state index in [4.69, 9.17) is 14.2 Å². The van der Waals surface area contributed by atoms with Crippen LogP contribution in [-0.2, 0) is 11.3 Å². The minimum Gasteiger partial charge on any atom is -0.497 e. The maximum absolute atomic E-state index is 13.4. The molecule has 1 aliphatic rings. The molecule has 0 radical (unpaired) electrons. The second kappa shape index (κ2) is 8.86. The van der Waals surface area contributed by atoms with Gasteiger partial charge in [-0.15, -0.1) is 0 Å². The van der Waals surface area contributed by atoms with Crippen molar-refractivity contribution in [1.29, 1.82) is 0 Å². The maximum atomic E-state index is 13.4. The summed E-state index contributed by atoms with van der Waals surface area (Å²) in [6, 6.07) is 5.23. The highest BCUT2D eigenvalue weighted by atomic mass is 16.6. The number of nitro groups is 1. The number of hydrogen-bond acceptors (Lipinski definition) is 8. The van der Waals surface area contributed by atoms with Crippen LogP contribution in [0, 0.1) is 10.1 Å². The quantitative estimate of drug-likeness (QED) is 0.499. The zero-order valence-corrected chi connectivity index (χ0v) is 17.5. The van der Waals surface area contributed by atoms with Gasteiger partial charge < -0.3 is 24.0 Å². The van der Waals surface area contributed by atoms with Crippen molar-refractivity contribution in [3.05, 3.63) is 51.7 Å². The Bertz CT molecular complexity index is 1020. The summed E-state index contributed by atoms with van der Waals surface area (Å²) in [4.78, 5) is 43.4. The minimum atomic E-state index is -0.970. The van der Waals surface area contributed by atoms with Gasteiger partial charge in [0.25, 0.3) is 11.6 Å². The molecule has 0 bridgehead atoms. The summed E-state index contributed by atoms with van der Waals surface area (Å²) in [6.07, 6.45) is 1.01.